The van der Waals surface area contributed by atoms with E-state index in [2.05, 4.69) is 44.7 Å². The molecule has 2 unspecified atom stereocenters. The van der Waals surface area contributed by atoms with Crippen LogP contribution in [0.3, 0.4) is 0 Å². The zero-order chi connectivity index (χ0) is 13.5. The minimum atomic E-state index is -0.355. The van der Waals surface area contributed by atoms with Crippen molar-refractivity contribution in [1.82, 2.24) is 0 Å². The maximum absolute atomic E-state index is 6.10. The molecule has 0 bridgehead atoms. The Kier molecular flexibility index (Phi) is 3.23. The van der Waals surface area contributed by atoms with E-state index in [-0.39, 0.29) is 18.0 Å². The molecule has 2 nitrogen and oxygen atoms in total. The normalized spacial score (nSPS) is 38.9. The highest BCUT2D eigenvalue weighted by molar-refractivity contribution is 5.28. The fraction of sp³-hybridized carbons (Fsp3) is 0.529. The molecular formula is C17H22O2. The molecule has 1 aromatic carbocycles. The Bertz CT molecular complexity index is 444. The van der Waals surface area contributed by atoms with Crippen LogP contribution in [0.15, 0.2) is 43.0 Å². The van der Waals surface area contributed by atoms with Gasteiger partial charge in [0.25, 0.3) is 0 Å². The van der Waals surface area contributed by atoms with Crippen molar-refractivity contribution in [2.45, 2.75) is 50.6 Å². The smallest absolute Gasteiger partial charge is 0.173 e. The van der Waals surface area contributed by atoms with Crippen LogP contribution < -0.4 is 0 Å². The van der Waals surface area contributed by atoms with Crippen LogP contribution in [-0.4, -0.2) is 18.0 Å². The molecule has 0 radical (unpaired) electrons. The summed E-state index contributed by atoms with van der Waals surface area (Å²) in [5.41, 5.74) is 1.30. The number of allylic oxidation sites excluding steroid dienone is 1. The van der Waals surface area contributed by atoms with Crippen LogP contribution in [0.25, 0.3) is 0 Å². The largest absolute Gasteiger partial charge is 0.347 e. The SMILES string of the molecule is C=C[C@@H](c1ccccc1)[C@H]1CC12OC(C)CC(C)O2. The summed E-state index contributed by atoms with van der Waals surface area (Å²) in [6.07, 6.45) is 4.57. The Balaban J connectivity index is 1.79. The summed E-state index contributed by atoms with van der Waals surface area (Å²) in [7, 11) is 0. The standard InChI is InChI=1S/C17H22O2/c1-4-15(14-8-6-5-7-9-14)16-11-17(16)18-12(2)10-13(3)19-17/h4-9,12-13,15-16H,1,10-11H2,2-3H3/t12?,13?,15-,16+,17?/m0/s1. The Morgan fingerprint density at radius 2 is 1.84 bits per heavy atom. The van der Waals surface area contributed by atoms with Crippen molar-refractivity contribution >= 4 is 0 Å². The van der Waals surface area contributed by atoms with Gasteiger partial charge in [0.1, 0.15) is 0 Å². The fourth-order valence-electron chi connectivity index (χ4n) is 3.40. The second kappa shape index (κ2) is 4.77. The van der Waals surface area contributed by atoms with E-state index < -0.39 is 0 Å². The van der Waals surface area contributed by atoms with Gasteiger partial charge in [-0.3, -0.25) is 0 Å². The molecule has 1 spiro atoms. The van der Waals surface area contributed by atoms with Crippen LogP contribution in [0, 0.1) is 5.92 Å². The van der Waals surface area contributed by atoms with Crippen molar-refractivity contribution in [1.29, 1.82) is 0 Å². The second-order valence-electron chi connectivity index (χ2n) is 5.89. The van der Waals surface area contributed by atoms with E-state index >= 15 is 0 Å². The van der Waals surface area contributed by atoms with Gasteiger partial charge in [-0.05, 0) is 25.8 Å². The number of hydrogen-bond acceptors (Lipinski definition) is 2. The molecule has 1 saturated heterocycles. The third-order valence-electron chi connectivity index (χ3n) is 4.25. The zero-order valence-electron chi connectivity index (χ0n) is 11.7. The lowest BCUT2D eigenvalue weighted by Gasteiger charge is -2.34. The third kappa shape index (κ3) is 2.35. The first-order valence-corrected chi connectivity index (χ1v) is 7.18. The lowest BCUT2D eigenvalue weighted by molar-refractivity contribution is -0.263. The van der Waals surface area contributed by atoms with Gasteiger partial charge in [0.15, 0.2) is 5.79 Å². The van der Waals surface area contributed by atoms with Crippen LogP contribution in [0.5, 0.6) is 0 Å². The summed E-state index contributed by atoms with van der Waals surface area (Å²) in [4.78, 5) is 0. The van der Waals surface area contributed by atoms with E-state index in [1.54, 1.807) is 0 Å². The van der Waals surface area contributed by atoms with Crippen molar-refractivity contribution in [2.24, 2.45) is 5.92 Å². The monoisotopic (exact) mass is 258 g/mol. The van der Waals surface area contributed by atoms with Crippen molar-refractivity contribution in [3.05, 3.63) is 48.6 Å². The van der Waals surface area contributed by atoms with Crippen LogP contribution in [0.2, 0.25) is 0 Å². The number of rotatable bonds is 3. The predicted octanol–water partition coefficient (Wildman–Crippen LogP) is 3.89. The molecule has 19 heavy (non-hydrogen) atoms. The van der Waals surface area contributed by atoms with Crippen LogP contribution in [0.4, 0.5) is 0 Å². The molecule has 1 aromatic rings. The number of benzene rings is 1. The molecule has 0 N–H and O–H groups in total. The maximum atomic E-state index is 6.10. The lowest BCUT2D eigenvalue weighted by Crippen LogP contribution is -2.39. The van der Waals surface area contributed by atoms with Gasteiger partial charge in [-0.1, -0.05) is 36.4 Å². The molecule has 2 fully saturated rings. The van der Waals surface area contributed by atoms with E-state index in [4.69, 9.17) is 9.47 Å². The number of ether oxygens (including phenoxy) is 2. The molecule has 1 saturated carbocycles. The average molecular weight is 258 g/mol. The molecule has 102 valence electrons. The molecular weight excluding hydrogens is 236 g/mol. The zero-order valence-corrected chi connectivity index (χ0v) is 11.7. The van der Waals surface area contributed by atoms with Gasteiger partial charge in [-0.25, -0.2) is 0 Å². The Hall–Kier alpha value is -1.12. The quantitative estimate of drug-likeness (QED) is 0.766. The summed E-state index contributed by atoms with van der Waals surface area (Å²) in [6, 6.07) is 10.5. The van der Waals surface area contributed by atoms with Crippen LogP contribution in [0.1, 0.15) is 38.2 Å². The molecule has 4 atom stereocenters. The first-order valence-electron chi connectivity index (χ1n) is 7.18. The van der Waals surface area contributed by atoms with E-state index in [1.807, 2.05) is 12.1 Å². The second-order valence-corrected chi connectivity index (χ2v) is 5.89. The summed E-state index contributed by atoms with van der Waals surface area (Å²) >= 11 is 0. The van der Waals surface area contributed by atoms with Gasteiger partial charge in [-0.2, -0.15) is 0 Å². The van der Waals surface area contributed by atoms with Crippen molar-refractivity contribution < 1.29 is 9.47 Å². The van der Waals surface area contributed by atoms with Crippen molar-refractivity contribution in [3.63, 3.8) is 0 Å². The van der Waals surface area contributed by atoms with Crippen molar-refractivity contribution in [2.75, 3.05) is 0 Å². The van der Waals surface area contributed by atoms with E-state index in [1.165, 1.54) is 5.56 Å². The third-order valence-corrected chi connectivity index (χ3v) is 4.25. The van der Waals surface area contributed by atoms with Crippen molar-refractivity contribution in [3.8, 4) is 0 Å². The van der Waals surface area contributed by atoms with Gasteiger partial charge >= 0.3 is 0 Å². The lowest BCUT2D eigenvalue weighted by atomic mass is 9.93. The highest BCUT2D eigenvalue weighted by atomic mass is 16.7. The molecule has 1 aliphatic carbocycles. The Morgan fingerprint density at radius 3 is 2.42 bits per heavy atom. The molecule has 1 heterocycles. The van der Waals surface area contributed by atoms with Gasteiger partial charge in [0.2, 0.25) is 0 Å². The minimum Gasteiger partial charge on any atom is -0.347 e. The first-order chi connectivity index (χ1) is 9.14. The molecule has 0 amide bonds. The highest BCUT2D eigenvalue weighted by Gasteiger charge is 2.62. The molecule has 1 aliphatic heterocycles. The topological polar surface area (TPSA) is 18.5 Å². The van der Waals surface area contributed by atoms with E-state index in [0.29, 0.717) is 11.8 Å². The predicted molar refractivity (Wildman–Crippen MR) is 75.9 cm³/mol. The first kappa shape index (κ1) is 12.9. The maximum Gasteiger partial charge on any atom is 0.173 e. The average Bonchev–Trinajstić information content (AvgIpc) is 3.02. The summed E-state index contributed by atoms with van der Waals surface area (Å²) in [5.74, 6) is 0.363. The van der Waals surface area contributed by atoms with E-state index in [9.17, 15) is 0 Å². The van der Waals surface area contributed by atoms with Gasteiger partial charge in [0.05, 0.1) is 12.2 Å². The van der Waals surface area contributed by atoms with Gasteiger partial charge < -0.3 is 9.47 Å². The molecule has 0 aromatic heterocycles. The highest BCUT2D eigenvalue weighted by Crippen LogP contribution is 2.58. The van der Waals surface area contributed by atoms with Gasteiger partial charge in [-0.15, -0.1) is 6.58 Å². The number of hydrogen-bond donors (Lipinski definition) is 0. The molecule has 3 rings (SSSR count). The fourth-order valence-corrected chi connectivity index (χ4v) is 3.40. The molecule has 2 heteroatoms. The molecule has 2 aliphatic rings. The summed E-state index contributed by atoms with van der Waals surface area (Å²) in [6.45, 7) is 8.28. The van der Waals surface area contributed by atoms with Gasteiger partial charge in [0, 0.05) is 18.3 Å². The summed E-state index contributed by atoms with van der Waals surface area (Å²) in [5, 5.41) is 0. The minimum absolute atomic E-state index is 0.287. The van der Waals surface area contributed by atoms with Crippen LogP contribution >= 0.6 is 0 Å². The van der Waals surface area contributed by atoms with Crippen LogP contribution in [-0.2, 0) is 9.47 Å². The Morgan fingerprint density at radius 1 is 1.21 bits per heavy atom. The van der Waals surface area contributed by atoms with E-state index in [0.717, 1.165) is 12.8 Å². The Labute approximate surface area is 115 Å². The summed E-state index contributed by atoms with van der Waals surface area (Å²) < 4.78 is 12.2.